The molecule has 2 N–H and O–H groups in total. The highest BCUT2D eigenvalue weighted by atomic mass is 35.5. The number of aliphatic hydroxyl groups excluding tert-OH is 1. The van der Waals surface area contributed by atoms with Crippen LogP contribution >= 0.6 is 11.6 Å². The van der Waals surface area contributed by atoms with E-state index in [9.17, 15) is 9.90 Å². The Labute approximate surface area is 293 Å². The van der Waals surface area contributed by atoms with Gasteiger partial charge in [-0.25, -0.2) is 15.0 Å². The first-order valence-corrected chi connectivity index (χ1v) is 16.4. The van der Waals surface area contributed by atoms with Crippen molar-refractivity contribution in [1.82, 2.24) is 19.5 Å². The summed E-state index contributed by atoms with van der Waals surface area (Å²) in [6.07, 6.45) is 0.0353. The molecule has 3 heterocycles. The molecule has 6 aromatic rings. The third-order valence-electron chi connectivity index (χ3n) is 8.83. The van der Waals surface area contributed by atoms with Gasteiger partial charge in [0.15, 0.2) is 23.2 Å². The molecular weight excluding hydrogens is 658 g/mol. The molecule has 0 spiro atoms. The van der Waals surface area contributed by atoms with E-state index >= 15 is 0 Å². The number of hydrogen-bond donors (Lipinski definition) is 2. The number of nitrogens with one attached hydrogen (secondary N) is 1. The van der Waals surface area contributed by atoms with Crippen molar-refractivity contribution in [3.63, 3.8) is 0 Å². The Morgan fingerprint density at radius 3 is 2.02 bits per heavy atom. The molecule has 2 aromatic heterocycles. The van der Waals surface area contributed by atoms with Gasteiger partial charge in [0.25, 0.3) is 5.91 Å². The van der Waals surface area contributed by atoms with Crippen molar-refractivity contribution in [2.24, 2.45) is 0 Å². The maximum absolute atomic E-state index is 12.9. The molecule has 0 radical (unpaired) electrons. The number of hydrogen-bond acceptors (Lipinski definition) is 9. The predicted octanol–water partition coefficient (Wildman–Crippen LogP) is 5.97. The van der Waals surface area contributed by atoms with Gasteiger partial charge in [-0.05, 0) is 53.1 Å². The molecule has 1 saturated heterocycles. The third kappa shape index (κ3) is 6.16. The minimum absolute atomic E-state index is 0.0339. The zero-order valence-corrected chi connectivity index (χ0v) is 28.0. The molecule has 0 bridgehead atoms. The first kappa shape index (κ1) is 33.2. The number of amides is 1. The minimum atomic E-state index is -1.12. The van der Waals surface area contributed by atoms with Gasteiger partial charge in [-0.2, -0.15) is 0 Å². The largest absolute Gasteiger partial charge is 0.497 e. The molecular formula is C38H34ClN5O6. The summed E-state index contributed by atoms with van der Waals surface area (Å²) in [6, 6.07) is 34.0. The number of aromatic nitrogens is 4. The van der Waals surface area contributed by atoms with E-state index in [2.05, 4.69) is 20.3 Å². The highest BCUT2D eigenvalue weighted by Crippen LogP contribution is 2.43. The van der Waals surface area contributed by atoms with Crippen LogP contribution in [0.2, 0.25) is 0 Å². The fraction of sp³-hybridized carbons (Fsp3) is 0.211. The monoisotopic (exact) mass is 691 g/mol. The highest BCUT2D eigenvalue weighted by Gasteiger charge is 2.47. The Hall–Kier alpha value is -5.33. The molecule has 1 amide bonds. The highest BCUT2D eigenvalue weighted by molar-refractivity contribution is 6.21. The summed E-state index contributed by atoms with van der Waals surface area (Å²) in [5.74, 6) is 1.30. The molecule has 7 rings (SSSR count). The van der Waals surface area contributed by atoms with Crippen molar-refractivity contribution in [1.29, 1.82) is 0 Å². The van der Waals surface area contributed by atoms with Crippen molar-refractivity contribution in [3.8, 4) is 11.5 Å². The van der Waals surface area contributed by atoms with Gasteiger partial charge in [0.1, 0.15) is 41.0 Å². The number of ether oxygens (including phenoxy) is 4. The fourth-order valence-electron chi connectivity index (χ4n) is 6.25. The number of carbonyl (C=O) groups excluding carboxylic acids is 1. The number of benzene rings is 4. The topological polar surface area (TPSA) is 130 Å². The molecule has 1 fully saturated rings. The Morgan fingerprint density at radius 1 is 0.840 bits per heavy atom. The third-order valence-corrected chi connectivity index (χ3v) is 9.31. The molecule has 1 aliphatic rings. The van der Waals surface area contributed by atoms with Crippen LogP contribution in [0.3, 0.4) is 0 Å². The van der Waals surface area contributed by atoms with Gasteiger partial charge in [-0.3, -0.25) is 9.36 Å². The van der Waals surface area contributed by atoms with Gasteiger partial charge in [0.05, 0.1) is 27.2 Å². The van der Waals surface area contributed by atoms with Crippen LogP contribution < -0.4 is 14.8 Å². The zero-order chi connectivity index (χ0) is 34.7. The molecule has 12 heteroatoms. The van der Waals surface area contributed by atoms with Crippen LogP contribution in [0.15, 0.2) is 122 Å². The van der Waals surface area contributed by atoms with Crippen LogP contribution in [-0.4, -0.2) is 68.9 Å². The Balaban J connectivity index is 1.20. The van der Waals surface area contributed by atoms with E-state index in [1.165, 1.54) is 12.7 Å². The smallest absolute Gasteiger partial charge is 0.256 e. The van der Waals surface area contributed by atoms with Crippen LogP contribution in [0, 0.1) is 0 Å². The number of methoxy groups -OCH3 is 2. The summed E-state index contributed by atoms with van der Waals surface area (Å²) < 4.78 is 25.9. The number of nitrogens with zero attached hydrogens (tertiary/aromatic N) is 4. The van der Waals surface area contributed by atoms with Crippen molar-refractivity contribution >= 4 is 34.5 Å². The predicted molar refractivity (Wildman–Crippen MR) is 188 cm³/mol. The maximum Gasteiger partial charge on any atom is 0.256 e. The lowest BCUT2D eigenvalue weighted by Crippen LogP contribution is -2.39. The first-order valence-electron chi connectivity index (χ1n) is 15.9. The second-order valence-corrected chi connectivity index (χ2v) is 12.2. The number of aliphatic hydroxyl groups is 1. The van der Waals surface area contributed by atoms with E-state index in [4.69, 9.17) is 30.5 Å². The number of fused-ring (bicyclic) bond motifs is 1. The summed E-state index contributed by atoms with van der Waals surface area (Å²) in [5, 5.41) is 13.4. The summed E-state index contributed by atoms with van der Waals surface area (Å²) in [4.78, 5) is 26.0. The Morgan fingerprint density at radius 2 is 1.42 bits per heavy atom. The second kappa shape index (κ2) is 14.3. The van der Waals surface area contributed by atoms with Gasteiger partial charge in [-0.15, -0.1) is 11.6 Å². The molecule has 50 heavy (non-hydrogen) atoms. The van der Waals surface area contributed by atoms with E-state index in [0.29, 0.717) is 28.2 Å². The lowest BCUT2D eigenvalue weighted by Gasteiger charge is -2.37. The molecule has 11 nitrogen and oxygen atoms in total. The number of rotatable bonds is 11. The van der Waals surface area contributed by atoms with Gasteiger partial charge in [0.2, 0.25) is 0 Å². The summed E-state index contributed by atoms with van der Waals surface area (Å²) in [5.41, 5.74) is 2.61. The van der Waals surface area contributed by atoms with Gasteiger partial charge in [-0.1, -0.05) is 72.8 Å². The quantitative estimate of drug-likeness (QED) is 0.125. The van der Waals surface area contributed by atoms with Gasteiger partial charge >= 0.3 is 0 Å². The summed E-state index contributed by atoms with van der Waals surface area (Å²) in [7, 11) is 3.24. The van der Waals surface area contributed by atoms with Gasteiger partial charge < -0.3 is 29.4 Å². The molecule has 0 saturated carbocycles. The van der Waals surface area contributed by atoms with Gasteiger partial charge in [0, 0.05) is 5.56 Å². The lowest BCUT2D eigenvalue weighted by molar-refractivity contribution is -0.0930. The van der Waals surface area contributed by atoms with E-state index in [-0.39, 0.29) is 18.3 Å². The van der Waals surface area contributed by atoms with Crippen LogP contribution in [0.4, 0.5) is 5.82 Å². The molecule has 0 aliphatic carbocycles. The second-order valence-electron chi connectivity index (χ2n) is 11.7. The van der Waals surface area contributed by atoms with Crippen LogP contribution in [-0.2, 0) is 15.1 Å². The number of halogens is 1. The van der Waals surface area contributed by atoms with Crippen molar-refractivity contribution in [2.45, 2.75) is 29.4 Å². The average molecular weight is 692 g/mol. The first-order chi connectivity index (χ1) is 24.4. The molecule has 1 unspecified atom stereocenters. The Bertz CT molecular complexity index is 2010. The van der Waals surface area contributed by atoms with Crippen LogP contribution in [0.1, 0.15) is 33.3 Å². The normalized spacial score (nSPS) is 19.0. The Kier molecular flexibility index (Phi) is 9.46. The molecule has 4 atom stereocenters. The molecule has 4 aromatic carbocycles. The standard InChI is InChI=1S/C38H34ClN5O6/c1-47-28-17-13-26(14-18-28)38(25-11-7-4-8-12-25,27-15-19-29(48-2)20-16-27)49-21-30-33(45)31(39)37(50-30)44-23-42-32-34(40-22-41-35(32)44)43-36(46)24-9-5-3-6-10-24/h3-20,22-23,30-31,33,37,45H,21H2,1-2H3,(H,40,41,43,46)/t30-,31?,33+,37-/m1/s1. The van der Waals surface area contributed by atoms with Crippen molar-refractivity contribution in [3.05, 3.63) is 144 Å². The number of imidazole rings is 1. The average Bonchev–Trinajstić information content (AvgIpc) is 3.73. The van der Waals surface area contributed by atoms with Crippen molar-refractivity contribution in [2.75, 3.05) is 26.1 Å². The van der Waals surface area contributed by atoms with E-state index in [0.717, 1.165) is 16.7 Å². The van der Waals surface area contributed by atoms with Crippen molar-refractivity contribution < 1.29 is 28.8 Å². The SMILES string of the molecule is COc1ccc(C(OC[C@H]2O[C@@H](n3cnc4c(NC(=O)c5ccccc5)ncnc43)C(Cl)[C@H]2O)(c2ccccc2)c2ccc(OC)cc2)cc1. The van der Waals surface area contributed by atoms with E-state index < -0.39 is 29.4 Å². The van der Waals surface area contributed by atoms with E-state index in [1.807, 2.05) is 84.9 Å². The molecule has 1 aliphatic heterocycles. The summed E-state index contributed by atoms with van der Waals surface area (Å²) in [6.45, 7) is -0.0339. The molecule has 254 valence electrons. The van der Waals surface area contributed by atoms with E-state index in [1.54, 1.807) is 43.1 Å². The number of anilines is 1. The summed E-state index contributed by atoms with van der Waals surface area (Å²) >= 11 is 6.87. The maximum atomic E-state index is 12.9. The number of carbonyl (C=O) groups is 1. The zero-order valence-electron chi connectivity index (χ0n) is 27.2. The lowest BCUT2D eigenvalue weighted by atomic mass is 9.80. The minimum Gasteiger partial charge on any atom is -0.497 e. The van der Waals surface area contributed by atoms with Crippen LogP contribution in [0.5, 0.6) is 11.5 Å². The van der Waals surface area contributed by atoms with Crippen LogP contribution in [0.25, 0.3) is 11.2 Å². The fourth-order valence-corrected chi connectivity index (χ4v) is 6.59. The number of alkyl halides is 1.